The average molecular weight is 300 g/mol. The fourth-order valence-corrected chi connectivity index (χ4v) is 0.922. The Kier molecular flexibility index (Phi) is 8.90. The van der Waals surface area contributed by atoms with Gasteiger partial charge in [0.2, 0.25) is 0 Å². The zero-order chi connectivity index (χ0) is 16.3. The Labute approximate surface area is 121 Å². The lowest BCUT2D eigenvalue weighted by Crippen LogP contribution is -2.26. The first kappa shape index (κ1) is 18.4. The van der Waals surface area contributed by atoms with E-state index in [1.165, 1.54) is 6.92 Å². The molecule has 0 saturated carbocycles. The lowest BCUT2D eigenvalue weighted by molar-refractivity contribution is -0.166. The number of hydrogen-bond donors (Lipinski definition) is 0. The molecule has 21 heavy (non-hydrogen) atoms. The van der Waals surface area contributed by atoms with E-state index in [0.29, 0.717) is 0 Å². The summed E-state index contributed by atoms with van der Waals surface area (Å²) in [6.07, 6.45) is 1.06. The maximum Gasteiger partial charge on any atom is 0.344 e. The van der Waals surface area contributed by atoms with Gasteiger partial charge in [-0.25, -0.2) is 19.2 Å². The van der Waals surface area contributed by atoms with Gasteiger partial charge in [0, 0.05) is 12.2 Å². The van der Waals surface area contributed by atoms with E-state index in [4.69, 9.17) is 9.47 Å². The average Bonchev–Trinajstić information content (AvgIpc) is 2.47. The van der Waals surface area contributed by atoms with E-state index in [9.17, 15) is 19.2 Å². The van der Waals surface area contributed by atoms with Crippen LogP contribution in [0.25, 0.3) is 0 Å². The Bertz CT molecular complexity index is 426. The molecule has 0 aromatic rings. The van der Waals surface area contributed by atoms with Crippen molar-refractivity contribution in [1.82, 2.24) is 0 Å². The van der Waals surface area contributed by atoms with Crippen LogP contribution < -0.4 is 0 Å². The molecule has 0 bridgehead atoms. The van der Waals surface area contributed by atoms with Crippen LogP contribution in [0.4, 0.5) is 0 Å². The second-order valence-electron chi connectivity index (χ2n) is 3.61. The van der Waals surface area contributed by atoms with Crippen LogP contribution in [0.1, 0.15) is 6.92 Å². The first-order valence-electron chi connectivity index (χ1n) is 5.82. The summed E-state index contributed by atoms with van der Waals surface area (Å²) in [5, 5.41) is 0. The molecular weight excluding hydrogens is 284 g/mol. The molecule has 0 aliphatic carbocycles. The zero-order valence-electron chi connectivity index (χ0n) is 11.5. The van der Waals surface area contributed by atoms with Gasteiger partial charge in [0.25, 0.3) is 0 Å². The molecule has 1 atom stereocenters. The topological polar surface area (TPSA) is 105 Å². The predicted octanol–water partition coefficient (Wildman–Crippen LogP) is -0.0803. The first-order valence-corrected chi connectivity index (χ1v) is 5.82. The van der Waals surface area contributed by atoms with Crippen molar-refractivity contribution in [2.45, 2.75) is 13.0 Å². The largest absolute Gasteiger partial charge is 0.459 e. The third kappa shape index (κ3) is 9.88. The Balaban J connectivity index is 3.85. The van der Waals surface area contributed by atoms with Crippen molar-refractivity contribution in [3.8, 4) is 0 Å². The molecule has 116 valence electrons. The van der Waals surface area contributed by atoms with E-state index in [2.05, 4.69) is 22.6 Å². The minimum absolute atomic E-state index is 0.231. The molecule has 0 aromatic carbocycles. The van der Waals surface area contributed by atoms with Gasteiger partial charge < -0.3 is 18.9 Å². The van der Waals surface area contributed by atoms with Gasteiger partial charge in [-0.2, -0.15) is 0 Å². The highest BCUT2D eigenvalue weighted by Gasteiger charge is 2.14. The standard InChI is InChI=1S/C13H16O8/c1-4-10(14)19-7-12(16)18-6-9(3)21-13(17)8-20-11(15)5-2/h4-5,9H,1-2,6-8H2,3H3. The molecule has 0 spiro atoms. The molecule has 0 aliphatic heterocycles. The number of ether oxygens (including phenoxy) is 4. The molecule has 0 aliphatic rings. The summed E-state index contributed by atoms with van der Waals surface area (Å²) < 4.78 is 18.4. The van der Waals surface area contributed by atoms with Gasteiger partial charge in [-0.1, -0.05) is 13.2 Å². The van der Waals surface area contributed by atoms with Crippen molar-refractivity contribution in [1.29, 1.82) is 0 Å². The van der Waals surface area contributed by atoms with Gasteiger partial charge >= 0.3 is 23.9 Å². The lowest BCUT2D eigenvalue weighted by atomic mass is 10.4. The highest BCUT2D eigenvalue weighted by atomic mass is 16.6. The Hall–Kier alpha value is -2.64. The van der Waals surface area contributed by atoms with E-state index in [-0.39, 0.29) is 6.61 Å². The Morgan fingerprint density at radius 1 is 0.905 bits per heavy atom. The fraction of sp³-hybridized carbons (Fsp3) is 0.385. The van der Waals surface area contributed by atoms with Crippen molar-refractivity contribution in [3.05, 3.63) is 25.3 Å². The Morgan fingerprint density at radius 2 is 1.38 bits per heavy atom. The van der Waals surface area contributed by atoms with Crippen LogP contribution in [0.3, 0.4) is 0 Å². The van der Waals surface area contributed by atoms with Gasteiger partial charge in [0.15, 0.2) is 13.2 Å². The number of hydrogen-bond acceptors (Lipinski definition) is 8. The predicted molar refractivity (Wildman–Crippen MR) is 68.8 cm³/mol. The summed E-state index contributed by atoms with van der Waals surface area (Å²) >= 11 is 0. The van der Waals surface area contributed by atoms with Crippen LogP contribution in [0.2, 0.25) is 0 Å². The number of carbonyl (C=O) groups excluding carboxylic acids is 4. The third-order valence-corrected chi connectivity index (χ3v) is 1.81. The molecule has 0 rings (SSSR count). The number of rotatable bonds is 9. The van der Waals surface area contributed by atoms with E-state index in [1.807, 2.05) is 0 Å². The van der Waals surface area contributed by atoms with Crippen LogP contribution in [0.5, 0.6) is 0 Å². The molecule has 0 aromatic heterocycles. The van der Waals surface area contributed by atoms with Crippen molar-refractivity contribution in [3.63, 3.8) is 0 Å². The van der Waals surface area contributed by atoms with Crippen LogP contribution in [0, 0.1) is 0 Å². The molecule has 0 heterocycles. The van der Waals surface area contributed by atoms with Gasteiger partial charge in [-0.3, -0.25) is 0 Å². The van der Waals surface area contributed by atoms with Crippen molar-refractivity contribution in [2.24, 2.45) is 0 Å². The molecule has 0 N–H and O–H groups in total. The minimum Gasteiger partial charge on any atom is -0.459 e. The molecule has 0 fully saturated rings. The SMILES string of the molecule is C=CC(=O)OCC(=O)OCC(C)OC(=O)COC(=O)C=C. The van der Waals surface area contributed by atoms with Crippen LogP contribution in [-0.2, 0) is 38.1 Å². The quantitative estimate of drug-likeness (QED) is 0.331. The normalized spacial score (nSPS) is 10.7. The first-order chi connectivity index (χ1) is 9.88. The van der Waals surface area contributed by atoms with E-state index >= 15 is 0 Å². The molecule has 0 saturated heterocycles. The van der Waals surface area contributed by atoms with Crippen molar-refractivity contribution < 1.29 is 38.1 Å². The van der Waals surface area contributed by atoms with Gasteiger partial charge in [-0.15, -0.1) is 0 Å². The summed E-state index contributed by atoms with van der Waals surface area (Å²) in [7, 11) is 0. The molecular formula is C13H16O8. The number of esters is 4. The van der Waals surface area contributed by atoms with Crippen molar-refractivity contribution in [2.75, 3.05) is 19.8 Å². The smallest absolute Gasteiger partial charge is 0.344 e. The monoisotopic (exact) mass is 300 g/mol. The summed E-state index contributed by atoms with van der Waals surface area (Å²) in [4.78, 5) is 43.8. The fourth-order valence-electron chi connectivity index (χ4n) is 0.922. The zero-order valence-corrected chi connectivity index (χ0v) is 11.5. The second kappa shape index (κ2) is 10.2. The maximum atomic E-state index is 11.2. The van der Waals surface area contributed by atoms with Gasteiger partial charge in [-0.05, 0) is 6.92 Å². The van der Waals surface area contributed by atoms with Crippen LogP contribution in [-0.4, -0.2) is 49.8 Å². The third-order valence-electron chi connectivity index (χ3n) is 1.81. The highest BCUT2D eigenvalue weighted by molar-refractivity contribution is 5.84. The maximum absolute atomic E-state index is 11.2. The molecule has 0 radical (unpaired) electrons. The van der Waals surface area contributed by atoms with Gasteiger partial charge in [0.05, 0.1) is 0 Å². The van der Waals surface area contributed by atoms with Crippen molar-refractivity contribution >= 4 is 23.9 Å². The van der Waals surface area contributed by atoms with E-state index in [1.54, 1.807) is 0 Å². The Morgan fingerprint density at radius 3 is 1.86 bits per heavy atom. The summed E-state index contributed by atoms with van der Waals surface area (Å²) in [5.41, 5.74) is 0. The molecule has 8 heteroatoms. The van der Waals surface area contributed by atoms with Gasteiger partial charge in [0.1, 0.15) is 12.7 Å². The lowest BCUT2D eigenvalue weighted by Gasteiger charge is -2.13. The minimum atomic E-state index is -0.800. The summed E-state index contributed by atoms with van der Waals surface area (Å²) in [6, 6.07) is 0. The molecule has 0 amide bonds. The van der Waals surface area contributed by atoms with Crippen LogP contribution in [0.15, 0.2) is 25.3 Å². The van der Waals surface area contributed by atoms with E-state index < -0.39 is 43.2 Å². The molecule has 1 unspecified atom stereocenters. The summed E-state index contributed by atoms with van der Waals surface area (Å²) in [5.74, 6) is -3.11. The summed E-state index contributed by atoms with van der Waals surface area (Å²) in [6.45, 7) is 6.42. The molecule has 8 nitrogen and oxygen atoms in total. The van der Waals surface area contributed by atoms with E-state index in [0.717, 1.165) is 12.2 Å². The number of carbonyl (C=O) groups is 4. The second-order valence-corrected chi connectivity index (χ2v) is 3.61. The highest BCUT2D eigenvalue weighted by Crippen LogP contribution is 1.95. The van der Waals surface area contributed by atoms with Crippen LogP contribution >= 0.6 is 0 Å².